The first-order valence-electron chi connectivity index (χ1n) is 5.08. The van der Waals surface area contributed by atoms with Gasteiger partial charge in [0.05, 0.1) is 0 Å². The molecule has 0 bridgehead atoms. The third-order valence-electron chi connectivity index (χ3n) is 3.46. The summed E-state index contributed by atoms with van der Waals surface area (Å²) in [6.07, 6.45) is 2.15. The molecular formula is C10H18N2O. The van der Waals surface area contributed by atoms with Gasteiger partial charge in [0, 0.05) is 30.5 Å². The summed E-state index contributed by atoms with van der Waals surface area (Å²) in [6, 6.07) is 0.232. The largest absolute Gasteiger partial charge is 0.341 e. The predicted octanol–water partition coefficient (Wildman–Crippen LogP) is 0.592. The molecule has 1 aliphatic heterocycles. The van der Waals surface area contributed by atoms with Crippen molar-refractivity contribution in [2.75, 3.05) is 13.1 Å². The van der Waals surface area contributed by atoms with E-state index in [0.717, 1.165) is 25.9 Å². The van der Waals surface area contributed by atoms with Crippen LogP contribution in [0.25, 0.3) is 0 Å². The van der Waals surface area contributed by atoms with Crippen LogP contribution in [0.4, 0.5) is 0 Å². The lowest BCUT2D eigenvalue weighted by Gasteiger charge is -2.42. The van der Waals surface area contributed by atoms with Crippen molar-refractivity contribution in [1.29, 1.82) is 0 Å². The summed E-state index contributed by atoms with van der Waals surface area (Å²) >= 11 is 0. The highest BCUT2D eigenvalue weighted by atomic mass is 16.2. The van der Waals surface area contributed by atoms with Crippen LogP contribution in [-0.4, -0.2) is 29.9 Å². The Morgan fingerprint density at radius 3 is 2.46 bits per heavy atom. The van der Waals surface area contributed by atoms with Gasteiger partial charge in [0.2, 0.25) is 5.91 Å². The van der Waals surface area contributed by atoms with E-state index in [1.807, 2.05) is 11.8 Å². The molecule has 1 unspecified atom stereocenters. The monoisotopic (exact) mass is 182 g/mol. The summed E-state index contributed by atoms with van der Waals surface area (Å²) in [5.41, 5.74) is 5.75. The fourth-order valence-corrected chi connectivity index (χ4v) is 1.79. The number of hydrogen-bond donors (Lipinski definition) is 1. The van der Waals surface area contributed by atoms with E-state index in [0.29, 0.717) is 11.8 Å². The van der Waals surface area contributed by atoms with Gasteiger partial charge >= 0.3 is 0 Å². The summed E-state index contributed by atoms with van der Waals surface area (Å²) in [4.78, 5) is 13.7. The molecule has 0 radical (unpaired) electrons. The van der Waals surface area contributed by atoms with Crippen molar-refractivity contribution in [1.82, 2.24) is 4.90 Å². The number of rotatable bonds is 2. The lowest BCUT2D eigenvalue weighted by Crippen LogP contribution is -2.57. The van der Waals surface area contributed by atoms with Gasteiger partial charge in [-0.25, -0.2) is 0 Å². The van der Waals surface area contributed by atoms with Crippen molar-refractivity contribution in [2.24, 2.45) is 17.1 Å². The Kier molecular flexibility index (Phi) is 1.88. The molecule has 2 aliphatic rings. The molecule has 13 heavy (non-hydrogen) atoms. The summed E-state index contributed by atoms with van der Waals surface area (Å²) in [5.74, 6) is 0.885. The predicted molar refractivity (Wildman–Crippen MR) is 51.1 cm³/mol. The Morgan fingerprint density at radius 1 is 1.54 bits per heavy atom. The molecule has 2 fully saturated rings. The molecule has 1 amide bonds. The number of carbonyl (C=O) groups excluding carboxylic acids is 1. The molecule has 2 N–H and O–H groups in total. The Balaban J connectivity index is 1.83. The van der Waals surface area contributed by atoms with Gasteiger partial charge in [-0.05, 0) is 19.8 Å². The minimum Gasteiger partial charge on any atom is -0.341 e. The Hall–Kier alpha value is -0.570. The molecule has 3 nitrogen and oxygen atoms in total. The van der Waals surface area contributed by atoms with Gasteiger partial charge in [-0.1, -0.05) is 6.92 Å². The summed E-state index contributed by atoms with van der Waals surface area (Å²) in [6.45, 7) is 5.85. The number of nitrogens with zero attached hydrogens (tertiary/aromatic N) is 1. The van der Waals surface area contributed by atoms with Crippen LogP contribution in [0.2, 0.25) is 0 Å². The second-order valence-electron chi connectivity index (χ2n) is 4.89. The van der Waals surface area contributed by atoms with Crippen LogP contribution >= 0.6 is 0 Å². The van der Waals surface area contributed by atoms with Gasteiger partial charge in [0.1, 0.15) is 0 Å². The maximum absolute atomic E-state index is 11.8. The Bertz CT molecular complexity index is 227. The van der Waals surface area contributed by atoms with Crippen molar-refractivity contribution >= 4 is 5.91 Å². The van der Waals surface area contributed by atoms with Crippen LogP contribution in [0, 0.1) is 11.3 Å². The molecule has 1 saturated carbocycles. The van der Waals surface area contributed by atoms with Crippen molar-refractivity contribution in [3.8, 4) is 0 Å². The van der Waals surface area contributed by atoms with Crippen molar-refractivity contribution < 1.29 is 4.79 Å². The molecule has 0 aromatic rings. The molecule has 1 saturated heterocycles. The summed E-state index contributed by atoms with van der Waals surface area (Å²) in [7, 11) is 0. The highest BCUT2D eigenvalue weighted by Gasteiger charge is 2.49. The maximum atomic E-state index is 11.8. The zero-order valence-electron chi connectivity index (χ0n) is 8.42. The zero-order chi connectivity index (χ0) is 9.64. The summed E-state index contributed by atoms with van der Waals surface area (Å²) < 4.78 is 0. The van der Waals surface area contributed by atoms with Gasteiger partial charge in [0.15, 0.2) is 0 Å². The number of hydrogen-bond acceptors (Lipinski definition) is 2. The first-order valence-corrected chi connectivity index (χ1v) is 5.08. The molecule has 0 spiro atoms. The van der Waals surface area contributed by atoms with Crippen molar-refractivity contribution in [3.63, 3.8) is 0 Å². The molecule has 1 aliphatic carbocycles. The topological polar surface area (TPSA) is 46.3 Å². The third-order valence-corrected chi connectivity index (χ3v) is 3.46. The molecule has 74 valence electrons. The second-order valence-corrected chi connectivity index (χ2v) is 4.89. The maximum Gasteiger partial charge on any atom is 0.228 e. The number of amides is 1. The van der Waals surface area contributed by atoms with Gasteiger partial charge < -0.3 is 10.6 Å². The molecule has 0 aromatic heterocycles. The van der Waals surface area contributed by atoms with E-state index in [1.54, 1.807) is 0 Å². The Labute approximate surface area is 79.3 Å². The van der Waals surface area contributed by atoms with Crippen LogP contribution in [0.5, 0.6) is 0 Å². The van der Waals surface area contributed by atoms with E-state index in [9.17, 15) is 4.79 Å². The van der Waals surface area contributed by atoms with Crippen LogP contribution < -0.4 is 5.73 Å². The standard InChI is InChI=1S/C10H18N2O/c1-7(11)8-5-12(6-8)9(13)10(2)3-4-10/h7-8H,3-6,11H2,1-2H3. The van der Waals surface area contributed by atoms with E-state index < -0.39 is 0 Å². The molecule has 0 aromatic carbocycles. The SMILES string of the molecule is CC(N)C1CN(C(=O)C2(C)CC2)C1. The van der Waals surface area contributed by atoms with Crippen molar-refractivity contribution in [3.05, 3.63) is 0 Å². The van der Waals surface area contributed by atoms with Gasteiger partial charge in [-0.15, -0.1) is 0 Å². The fourth-order valence-electron chi connectivity index (χ4n) is 1.79. The molecule has 1 heterocycles. The van der Waals surface area contributed by atoms with Gasteiger partial charge in [-0.2, -0.15) is 0 Å². The number of carbonyl (C=O) groups is 1. The summed E-state index contributed by atoms with van der Waals surface area (Å²) in [5, 5.41) is 0. The normalized spacial score (nSPS) is 28.1. The molecule has 1 atom stereocenters. The zero-order valence-corrected chi connectivity index (χ0v) is 8.42. The van der Waals surface area contributed by atoms with Crippen LogP contribution in [0.3, 0.4) is 0 Å². The average Bonchev–Trinajstić information content (AvgIpc) is 2.64. The minimum atomic E-state index is 0.00278. The molecular weight excluding hydrogens is 164 g/mol. The first-order chi connectivity index (χ1) is 6.03. The highest BCUT2D eigenvalue weighted by Crippen LogP contribution is 2.47. The van der Waals surface area contributed by atoms with Gasteiger partial charge in [-0.3, -0.25) is 4.79 Å². The minimum absolute atomic E-state index is 0.00278. The second kappa shape index (κ2) is 2.71. The molecule has 3 heteroatoms. The van der Waals surface area contributed by atoms with Crippen LogP contribution in [0.1, 0.15) is 26.7 Å². The van der Waals surface area contributed by atoms with Crippen molar-refractivity contribution in [2.45, 2.75) is 32.7 Å². The average molecular weight is 182 g/mol. The number of likely N-dealkylation sites (tertiary alicyclic amines) is 1. The smallest absolute Gasteiger partial charge is 0.228 e. The Morgan fingerprint density at radius 2 is 2.08 bits per heavy atom. The van der Waals surface area contributed by atoms with E-state index in [-0.39, 0.29) is 11.5 Å². The fraction of sp³-hybridized carbons (Fsp3) is 0.900. The van der Waals surface area contributed by atoms with E-state index >= 15 is 0 Å². The van der Waals surface area contributed by atoms with Crippen LogP contribution in [0.15, 0.2) is 0 Å². The van der Waals surface area contributed by atoms with Crippen LogP contribution in [-0.2, 0) is 4.79 Å². The quantitative estimate of drug-likeness (QED) is 0.679. The molecule has 2 rings (SSSR count). The highest BCUT2D eigenvalue weighted by molar-refractivity contribution is 5.85. The van der Waals surface area contributed by atoms with E-state index in [2.05, 4.69) is 6.92 Å². The lowest BCUT2D eigenvalue weighted by atomic mass is 9.91. The van der Waals surface area contributed by atoms with Gasteiger partial charge in [0.25, 0.3) is 0 Å². The first kappa shape index (κ1) is 9.00. The lowest BCUT2D eigenvalue weighted by molar-refractivity contribution is -0.143. The van der Waals surface area contributed by atoms with E-state index in [1.165, 1.54) is 0 Å². The third kappa shape index (κ3) is 1.46. The van der Waals surface area contributed by atoms with E-state index in [4.69, 9.17) is 5.73 Å². The number of nitrogens with two attached hydrogens (primary N) is 1.